The first kappa shape index (κ1) is 15.9. The lowest BCUT2D eigenvalue weighted by Crippen LogP contribution is -2.36. The first-order chi connectivity index (χ1) is 10.0. The molecular weight excluding hydrogens is 269 g/mol. The number of carbonyl (C=O) groups is 1. The van der Waals surface area contributed by atoms with Crippen LogP contribution in [0.15, 0.2) is 24.3 Å². The highest BCUT2D eigenvalue weighted by molar-refractivity contribution is 5.78. The average Bonchev–Trinajstić information content (AvgIpc) is 2.88. The summed E-state index contributed by atoms with van der Waals surface area (Å²) in [6.45, 7) is 2.13. The number of hydrogen-bond acceptors (Lipinski definition) is 3. The third-order valence-electron chi connectivity index (χ3n) is 4.00. The Morgan fingerprint density at radius 1 is 1.38 bits per heavy atom. The Kier molecular flexibility index (Phi) is 5.70. The molecule has 21 heavy (non-hydrogen) atoms. The molecule has 4 nitrogen and oxygen atoms in total. The number of nitrogens with zero attached hydrogens (tertiary/aromatic N) is 1. The summed E-state index contributed by atoms with van der Waals surface area (Å²) in [7, 11) is 1.99. The zero-order chi connectivity index (χ0) is 15.2. The van der Waals surface area contributed by atoms with Crippen LogP contribution in [0.3, 0.4) is 0 Å². The van der Waals surface area contributed by atoms with Crippen molar-refractivity contribution in [2.24, 2.45) is 11.7 Å². The number of nitrogens with two attached hydrogens (primary N) is 1. The number of rotatable bonds is 6. The number of carbonyl (C=O) groups excluding carboxylic acids is 1. The zero-order valence-electron chi connectivity index (χ0n) is 12.5. The van der Waals surface area contributed by atoms with Gasteiger partial charge in [0.1, 0.15) is 5.82 Å². The minimum Gasteiger partial charge on any atom is -0.355 e. The smallest absolute Gasteiger partial charge is 0.223 e. The standard InChI is InChI=1S/C16H24FN3O/c1-20(11-12-2-5-14(17)6-3-12)9-8-19-16(21)13-4-7-15(18)10-13/h2-3,5-6,13,15H,4,7-11,18H2,1H3,(H,19,21). The van der Waals surface area contributed by atoms with Crippen LogP contribution in [-0.2, 0) is 11.3 Å². The second kappa shape index (κ2) is 7.52. The van der Waals surface area contributed by atoms with Crippen LogP contribution < -0.4 is 11.1 Å². The van der Waals surface area contributed by atoms with Crippen molar-refractivity contribution in [3.63, 3.8) is 0 Å². The molecule has 0 bridgehead atoms. The summed E-state index contributed by atoms with van der Waals surface area (Å²) in [4.78, 5) is 14.0. The lowest BCUT2D eigenvalue weighted by molar-refractivity contribution is -0.124. The third-order valence-corrected chi connectivity index (χ3v) is 4.00. The van der Waals surface area contributed by atoms with Crippen LogP contribution in [0.2, 0.25) is 0 Å². The number of benzene rings is 1. The van der Waals surface area contributed by atoms with Crippen molar-refractivity contribution in [1.29, 1.82) is 0 Å². The summed E-state index contributed by atoms with van der Waals surface area (Å²) in [5, 5.41) is 2.97. The van der Waals surface area contributed by atoms with Gasteiger partial charge in [0.25, 0.3) is 0 Å². The number of halogens is 1. The molecule has 2 unspecified atom stereocenters. The Bertz CT molecular complexity index is 463. The molecule has 0 saturated heterocycles. The lowest BCUT2D eigenvalue weighted by Gasteiger charge is -2.18. The highest BCUT2D eigenvalue weighted by Gasteiger charge is 2.27. The normalized spacial score (nSPS) is 21.7. The van der Waals surface area contributed by atoms with Crippen LogP contribution >= 0.6 is 0 Å². The maximum Gasteiger partial charge on any atom is 0.223 e. The first-order valence-corrected chi connectivity index (χ1v) is 7.51. The molecule has 1 saturated carbocycles. The maximum atomic E-state index is 12.8. The van der Waals surface area contributed by atoms with E-state index in [1.165, 1.54) is 12.1 Å². The molecule has 3 N–H and O–H groups in total. The SMILES string of the molecule is CN(CCNC(=O)C1CCC(N)C1)Cc1ccc(F)cc1. The molecule has 2 atom stereocenters. The van der Waals surface area contributed by atoms with Crippen molar-refractivity contribution in [1.82, 2.24) is 10.2 Å². The second-order valence-electron chi connectivity index (χ2n) is 5.93. The van der Waals surface area contributed by atoms with E-state index in [0.29, 0.717) is 6.54 Å². The van der Waals surface area contributed by atoms with E-state index in [0.717, 1.165) is 37.9 Å². The number of likely N-dealkylation sites (N-methyl/N-ethyl adjacent to an activating group) is 1. The van der Waals surface area contributed by atoms with Gasteiger partial charge in [-0.3, -0.25) is 4.79 Å². The van der Waals surface area contributed by atoms with Gasteiger partial charge in [-0.05, 0) is 44.0 Å². The van der Waals surface area contributed by atoms with Gasteiger partial charge in [-0.25, -0.2) is 4.39 Å². The Hall–Kier alpha value is -1.46. The molecule has 0 aliphatic heterocycles. The topological polar surface area (TPSA) is 58.4 Å². The van der Waals surface area contributed by atoms with Crippen LogP contribution in [0.25, 0.3) is 0 Å². The molecule has 1 aromatic rings. The Balaban J connectivity index is 1.66. The fourth-order valence-electron chi connectivity index (χ4n) is 2.75. The van der Waals surface area contributed by atoms with Crippen molar-refractivity contribution in [2.75, 3.05) is 20.1 Å². The highest BCUT2D eigenvalue weighted by Crippen LogP contribution is 2.23. The number of amides is 1. The zero-order valence-corrected chi connectivity index (χ0v) is 12.5. The van der Waals surface area contributed by atoms with Gasteiger partial charge < -0.3 is 16.0 Å². The molecular formula is C16H24FN3O. The quantitative estimate of drug-likeness (QED) is 0.835. The minimum absolute atomic E-state index is 0.0856. The summed E-state index contributed by atoms with van der Waals surface area (Å²) in [6.07, 6.45) is 2.65. The average molecular weight is 293 g/mol. The van der Waals surface area contributed by atoms with Gasteiger partial charge in [-0.2, -0.15) is 0 Å². The first-order valence-electron chi connectivity index (χ1n) is 7.51. The molecule has 1 fully saturated rings. The van der Waals surface area contributed by atoms with Crippen LogP contribution in [0, 0.1) is 11.7 Å². The van der Waals surface area contributed by atoms with Gasteiger partial charge in [0.15, 0.2) is 0 Å². The van der Waals surface area contributed by atoms with Crippen molar-refractivity contribution in [3.8, 4) is 0 Å². The predicted octanol–water partition coefficient (Wildman–Crippen LogP) is 1.50. The summed E-state index contributed by atoms with van der Waals surface area (Å²) >= 11 is 0. The van der Waals surface area contributed by atoms with Crippen molar-refractivity contribution < 1.29 is 9.18 Å². The molecule has 2 rings (SSSR count). The maximum absolute atomic E-state index is 12.8. The summed E-state index contributed by atoms with van der Waals surface area (Å²) in [5.41, 5.74) is 6.88. The van der Waals surface area contributed by atoms with E-state index in [1.54, 1.807) is 12.1 Å². The summed E-state index contributed by atoms with van der Waals surface area (Å²) in [6, 6.07) is 6.68. The van der Waals surface area contributed by atoms with Gasteiger partial charge in [0.2, 0.25) is 5.91 Å². The monoisotopic (exact) mass is 293 g/mol. The van der Waals surface area contributed by atoms with E-state index in [1.807, 2.05) is 7.05 Å². The fourth-order valence-corrected chi connectivity index (χ4v) is 2.75. The second-order valence-corrected chi connectivity index (χ2v) is 5.93. The van der Waals surface area contributed by atoms with Gasteiger partial charge in [-0.15, -0.1) is 0 Å². The van der Waals surface area contributed by atoms with Gasteiger partial charge >= 0.3 is 0 Å². The van der Waals surface area contributed by atoms with E-state index in [2.05, 4.69) is 10.2 Å². The molecule has 0 spiro atoms. The van der Waals surface area contributed by atoms with E-state index in [4.69, 9.17) is 5.73 Å². The molecule has 0 radical (unpaired) electrons. The molecule has 0 heterocycles. The van der Waals surface area contributed by atoms with E-state index in [9.17, 15) is 9.18 Å². The van der Waals surface area contributed by atoms with Crippen molar-refractivity contribution >= 4 is 5.91 Å². The van der Waals surface area contributed by atoms with Gasteiger partial charge in [0.05, 0.1) is 0 Å². The van der Waals surface area contributed by atoms with Crippen molar-refractivity contribution in [2.45, 2.75) is 31.8 Å². The molecule has 116 valence electrons. The highest BCUT2D eigenvalue weighted by atomic mass is 19.1. The number of hydrogen-bond donors (Lipinski definition) is 2. The Morgan fingerprint density at radius 2 is 2.10 bits per heavy atom. The lowest BCUT2D eigenvalue weighted by atomic mass is 10.1. The van der Waals surface area contributed by atoms with E-state index in [-0.39, 0.29) is 23.7 Å². The molecule has 5 heteroatoms. The van der Waals surface area contributed by atoms with Crippen LogP contribution in [0.5, 0.6) is 0 Å². The molecule has 0 aromatic heterocycles. The predicted molar refractivity (Wildman–Crippen MR) is 81.1 cm³/mol. The third kappa shape index (κ3) is 5.10. The Labute approximate surface area is 125 Å². The van der Waals surface area contributed by atoms with Crippen LogP contribution in [-0.4, -0.2) is 37.0 Å². The van der Waals surface area contributed by atoms with Crippen molar-refractivity contribution in [3.05, 3.63) is 35.6 Å². The largest absolute Gasteiger partial charge is 0.355 e. The van der Waals surface area contributed by atoms with E-state index >= 15 is 0 Å². The van der Waals surface area contributed by atoms with E-state index < -0.39 is 0 Å². The molecule has 1 aromatic carbocycles. The molecule has 1 amide bonds. The van der Waals surface area contributed by atoms with Gasteiger partial charge in [-0.1, -0.05) is 12.1 Å². The Morgan fingerprint density at radius 3 is 2.71 bits per heavy atom. The summed E-state index contributed by atoms with van der Waals surface area (Å²) < 4.78 is 12.8. The molecule has 1 aliphatic rings. The molecule has 1 aliphatic carbocycles. The number of nitrogens with one attached hydrogen (secondary N) is 1. The summed E-state index contributed by atoms with van der Waals surface area (Å²) in [5.74, 6) is -0.0102. The van der Waals surface area contributed by atoms with Crippen LogP contribution in [0.4, 0.5) is 4.39 Å². The van der Waals surface area contributed by atoms with Gasteiger partial charge in [0, 0.05) is 31.6 Å². The minimum atomic E-state index is -0.219. The fraction of sp³-hybridized carbons (Fsp3) is 0.562. The van der Waals surface area contributed by atoms with Crippen LogP contribution in [0.1, 0.15) is 24.8 Å².